The topological polar surface area (TPSA) is 157 Å². The summed E-state index contributed by atoms with van der Waals surface area (Å²) >= 11 is 1.61. The normalized spacial score (nSPS) is 23.0. The van der Waals surface area contributed by atoms with Gasteiger partial charge in [-0.15, -0.1) is 0 Å². The quantitative estimate of drug-likeness (QED) is 0.183. The van der Waals surface area contributed by atoms with Gasteiger partial charge in [0.2, 0.25) is 6.79 Å². The molecule has 0 radical (unpaired) electrons. The molecule has 0 saturated heterocycles. The third-order valence-corrected chi connectivity index (χ3v) is 12.0. The van der Waals surface area contributed by atoms with Crippen LogP contribution in [0.1, 0.15) is 81.2 Å². The zero-order valence-corrected chi connectivity index (χ0v) is 31.9. The maximum atomic E-state index is 14.1. The lowest BCUT2D eigenvalue weighted by Gasteiger charge is -2.51. The number of methoxy groups -OCH3 is 2. The molecule has 14 heteroatoms. The van der Waals surface area contributed by atoms with E-state index < -0.39 is 30.1 Å². The van der Waals surface area contributed by atoms with Crippen molar-refractivity contribution in [1.29, 1.82) is 0 Å². The van der Waals surface area contributed by atoms with Gasteiger partial charge in [-0.1, -0.05) is 6.07 Å². The molecular formula is C39H47N3O10S. The summed E-state index contributed by atoms with van der Waals surface area (Å²) in [4.78, 5) is 29.2. The molecule has 0 spiro atoms. The first kappa shape index (κ1) is 37.0. The van der Waals surface area contributed by atoms with Crippen LogP contribution in [0.2, 0.25) is 0 Å². The molecule has 3 aromatic carbocycles. The fraction of sp³-hybridized carbons (Fsp3) is 0.487. The Kier molecular flexibility index (Phi) is 10.3. The number of aryl methyl sites for hydroxylation is 2. The lowest BCUT2D eigenvalue weighted by molar-refractivity contribution is -0.149. The Hall–Kier alpha value is -4.37. The summed E-state index contributed by atoms with van der Waals surface area (Å²) in [7, 11) is 4.90. The molecule has 7 rings (SSSR count). The average molecular weight is 750 g/mol. The number of likely N-dealkylation sites (N-methyl/N-ethyl adjacent to an activating group) is 1. The lowest BCUT2D eigenvalue weighted by Crippen LogP contribution is -2.54. The monoisotopic (exact) mass is 749 g/mol. The second-order valence-electron chi connectivity index (χ2n) is 13.8. The zero-order valence-electron chi connectivity index (χ0n) is 31.1. The van der Waals surface area contributed by atoms with Crippen molar-refractivity contribution in [3.8, 4) is 40.2 Å². The Morgan fingerprint density at radius 1 is 1.02 bits per heavy atom. The number of ether oxygens (including phenoxy) is 6. The van der Waals surface area contributed by atoms with Crippen molar-refractivity contribution < 1.29 is 48.2 Å². The van der Waals surface area contributed by atoms with Crippen molar-refractivity contribution in [1.82, 2.24) is 15.5 Å². The Morgan fingerprint density at radius 3 is 2.49 bits per heavy atom. The second-order valence-corrected chi connectivity index (χ2v) is 14.8. The number of nitrogens with zero attached hydrogens (tertiary/aromatic N) is 1. The Bertz CT molecular complexity index is 1950. The van der Waals surface area contributed by atoms with Gasteiger partial charge in [0.05, 0.1) is 31.6 Å². The van der Waals surface area contributed by atoms with Crippen LogP contribution >= 0.6 is 11.8 Å². The molecule has 4 heterocycles. The minimum Gasteiger partial charge on any atom is -0.504 e. The third-order valence-electron chi connectivity index (χ3n) is 11.0. The molecule has 0 aliphatic carbocycles. The first-order valence-corrected chi connectivity index (χ1v) is 19.1. The fourth-order valence-electron chi connectivity index (χ4n) is 8.83. The molecule has 4 aliphatic heterocycles. The molecule has 4 N–H and O–H groups in total. The molecule has 4 unspecified atom stereocenters. The number of rotatable bonds is 8. The molecule has 4 aliphatic rings. The van der Waals surface area contributed by atoms with Crippen LogP contribution in [0.5, 0.6) is 40.2 Å². The zero-order chi connectivity index (χ0) is 37.7. The highest BCUT2D eigenvalue weighted by Gasteiger charge is 2.51. The van der Waals surface area contributed by atoms with Crippen molar-refractivity contribution in [2.45, 2.75) is 69.5 Å². The average Bonchev–Trinajstić information content (AvgIpc) is 3.62. The second kappa shape index (κ2) is 14.8. The standard InChI is InChI=1S/C39H47N3O10S/c1-18-13-22-9-8-12-42-24(16-49-39(46)30-23-15-26(47-5)25(44)14-21(23)10-11-41-30)28-29(35(52-20(3)43)19(2)36-37(28)51-17-50-36)38(53-7)32(42)31(40-4)27(22)33(45)34(18)48-6/h13-15,24,30-32,38,40-41,44-45H,8-12,16-17H2,1-7H3/t24?,30?,31-,32?,38?/m1/s1. The van der Waals surface area contributed by atoms with E-state index in [9.17, 15) is 19.8 Å². The van der Waals surface area contributed by atoms with Gasteiger partial charge in [-0.25, -0.2) is 4.79 Å². The number of esters is 2. The van der Waals surface area contributed by atoms with E-state index in [0.29, 0.717) is 60.1 Å². The van der Waals surface area contributed by atoms with Crippen LogP contribution < -0.4 is 34.3 Å². The first-order valence-electron chi connectivity index (χ1n) is 17.8. The Morgan fingerprint density at radius 2 is 1.79 bits per heavy atom. The van der Waals surface area contributed by atoms with Crippen LogP contribution in [0.3, 0.4) is 0 Å². The molecule has 0 bridgehead atoms. The predicted octanol–water partition coefficient (Wildman–Crippen LogP) is 4.85. The number of phenols is 2. The summed E-state index contributed by atoms with van der Waals surface area (Å²) in [6.07, 6.45) is 4.09. The predicted molar refractivity (Wildman–Crippen MR) is 198 cm³/mol. The van der Waals surface area contributed by atoms with Gasteiger partial charge in [-0.05, 0) is 87.3 Å². The molecule has 0 saturated carbocycles. The van der Waals surface area contributed by atoms with E-state index in [4.69, 9.17) is 28.4 Å². The number of hydrogen-bond donors (Lipinski definition) is 4. The summed E-state index contributed by atoms with van der Waals surface area (Å²) in [6, 6.07) is 3.31. The maximum Gasteiger partial charge on any atom is 0.327 e. The molecular weight excluding hydrogens is 703 g/mol. The van der Waals surface area contributed by atoms with Gasteiger partial charge >= 0.3 is 11.9 Å². The summed E-state index contributed by atoms with van der Waals surface area (Å²) in [5.74, 6) is 1.25. The van der Waals surface area contributed by atoms with E-state index in [1.807, 2.05) is 27.2 Å². The van der Waals surface area contributed by atoms with Crippen molar-refractivity contribution >= 4 is 23.7 Å². The fourth-order valence-corrected chi connectivity index (χ4v) is 9.89. The van der Waals surface area contributed by atoms with E-state index in [1.54, 1.807) is 31.0 Å². The molecule has 284 valence electrons. The van der Waals surface area contributed by atoms with E-state index >= 15 is 0 Å². The van der Waals surface area contributed by atoms with E-state index in [2.05, 4.69) is 21.6 Å². The number of benzene rings is 3. The van der Waals surface area contributed by atoms with Crippen LogP contribution in [0.25, 0.3) is 0 Å². The largest absolute Gasteiger partial charge is 0.504 e. The number of carbonyl (C=O) groups is 2. The van der Waals surface area contributed by atoms with Gasteiger partial charge in [0.25, 0.3) is 0 Å². The highest BCUT2D eigenvalue weighted by Crippen LogP contribution is 2.60. The SMILES string of the molecule is CN[C@@H]1c2c(cc(C)c(OC)c2O)CCCN2C(COC(=O)C3NCCc4cc(O)c(OC)cc43)c3c4c(c(C)c(OC(C)=O)c3C(SC)C12)OCO4. The molecule has 0 aromatic heterocycles. The number of aromatic hydroxyl groups is 2. The van der Waals surface area contributed by atoms with E-state index in [0.717, 1.165) is 39.8 Å². The molecule has 0 amide bonds. The maximum absolute atomic E-state index is 14.1. The summed E-state index contributed by atoms with van der Waals surface area (Å²) in [6.45, 7) is 6.23. The van der Waals surface area contributed by atoms with Crippen LogP contribution in [-0.2, 0) is 27.2 Å². The van der Waals surface area contributed by atoms with Gasteiger partial charge in [-0.2, -0.15) is 11.8 Å². The first-order chi connectivity index (χ1) is 25.5. The van der Waals surface area contributed by atoms with E-state index in [1.165, 1.54) is 14.0 Å². The van der Waals surface area contributed by atoms with Crippen molar-refractivity contribution in [3.05, 3.63) is 62.7 Å². The molecule has 0 fully saturated rings. The van der Waals surface area contributed by atoms with Gasteiger partial charge in [0.15, 0.2) is 34.5 Å². The summed E-state index contributed by atoms with van der Waals surface area (Å²) in [5.41, 5.74) is 6.29. The number of phenolic OH excluding ortho intramolecular Hbond substituents is 2. The number of fused-ring (bicyclic) bond motifs is 6. The minimum absolute atomic E-state index is 0.0109. The number of hydrogen-bond acceptors (Lipinski definition) is 14. The molecule has 13 nitrogen and oxygen atoms in total. The number of thioether (sulfide) groups is 1. The summed E-state index contributed by atoms with van der Waals surface area (Å²) in [5, 5.41) is 28.8. The van der Waals surface area contributed by atoms with Crippen molar-refractivity contribution in [2.24, 2.45) is 0 Å². The van der Waals surface area contributed by atoms with Crippen LogP contribution in [-0.4, -0.2) is 87.1 Å². The number of nitrogens with one attached hydrogen (secondary N) is 2. The lowest BCUT2D eigenvalue weighted by atomic mass is 9.78. The number of carbonyl (C=O) groups excluding carboxylic acids is 2. The Labute approximate surface area is 313 Å². The van der Waals surface area contributed by atoms with Gasteiger partial charge in [0.1, 0.15) is 18.4 Å². The van der Waals surface area contributed by atoms with Gasteiger partial charge in [-0.3, -0.25) is 9.69 Å². The van der Waals surface area contributed by atoms with Gasteiger partial charge in [0, 0.05) is 41.8 Å². The molecule has 53 heavy (non-hydrogen) atoms. The third kappa shape index (κ3) is 6.18. The van der Waals surface area contributed by atoms with Crippen molar-refractivity contribution in [2.75, 3.05) is 54.0 Å². The van der Waals surface area contributed by atoms with Gasteiger partial charge < -0.3 is 49.3 Å². The van der Waals surface area contributed by atoms with Crippen LogP contribution in [0.15, 0.2) is 18.2 Å². The molecule has 5 atom stereocenters. The molecule has 3 aromatic rings. The van der Waals surface area contributed by atoms with Crippen LogP contribution in [0, 0.1) is 13.8 Å². The minimum atomic E-state index is -0.789. The smallest absolute Gasteiger partial charge is 0.327 e. The van der Waals surface area contributed by atoms with Crippen LogP contribution in [0.4, 0.5) is 0 Å². The van der Waals surface area contributed by atoms with E-state index in [-0.39, 0.29) is 41.9 Å². The highest BCUT2D eigenvalue weighted by molar-refractivity contribution is 7.98. The van der Waals surface area contributed by atoms with Crippen molar-refractivity contribution in [3.63, 3.8) is 0 Å². The highest BCUT2D eigenvalue weighted by atomic mass is 32.2. The summed E-state index contributed by atoms with van der Waals surface area (Å²) < 4.78 is 35.6. The Balaban J connectivity index is 1.39.